The Hall–Kier alpha value is -2.57. The maximum absolute atomic E-state index is 13.2. The number of methoxy groups -OCH3 is 1. The average Bonchev–Trinajstić information content (AvgIpc) is 2.52. The third-order valence-electron chi connectivity index (χ3n) is 2.98. The minimum absolute atomic E-state index is 0.0604. The van der Waals surface area contributed by atoms with E-state index in [4.69, 9.17) is 4.74 Å². The molecule has 1 aromatic carbocycles. The molecule has 2 rings (SSSR count). The van der Waals surface area contributed by atoms with E-state index in [-0.39, 0.29) is 11.1 Å². The van der Waals surface area contributed by atoms with Crippen molar-refractivity contribution in [1.82, 2.24) is 10.3 Å². The molecule has 0 aliphatic carbocycles. The largest absolute Gasteiger partial charge is 0.497 e. The highest BCUT2D eigenvalue weighted by molar-refractivity contribution is 5.94. The first-order chi connectivity index (χ1) is 10.4. The van der Waals surface area contributed by atoms with Gasteiger partial charge in [-0.2, -0.15) is 13.2 Å². The summed E-state index contributed by atoms with van der Waals surface area (Å²) in [6, 6.07) is 6.11. The van der Waals surface area contributed by atoms with Gasteiger partial charge in [-0.1, -0.05) is 12.1 Å². The molecule has 116 valence electrons. The second-order valence-corrected chi connectivity index (χ2v) is 4.46. The number of halogens is 3. The van der Waals surface area contributed by atoms with Crippen molar-refractivity contribution >= 4 is 5.91 Å². The number of nitrogens with zero attached hydrogens (tertiary/aromatic N) is 1. The Kier molecular flexibility index (Phi) is 4.65. The number of aromatic nitrogens is 1. The van der Waals surface area contributed by atoms with Gasteiger partial charge in [0.1, 0.15) is 5.75 Å². The Morgan fingerprint density at radius 2 is 1.91 bits per heavy atom. The van der Waals surface area contributed by atoms with Gasteiger partial charge in [-0.05, 0) is 29.8 Å². The van der Waals surface area contributed by atoms with E-state index in [2.05, 4.69) is 4.98 Å². The van der Waals surface area contributed by atoms with Crippen molar-refractivity contribution < 1.29 is 22.7 Å². The summed E-state index contributed by atoms with van der Waals surface area (Å²) in [6.45, 7) is 0. The lowest BCUT2D eigenvalue weighted by Gasteiger charge is -2.22. The number of amides is 1. The minimum Gasteiger partial charge on any atom is -0.497 e. The molecule has 0 saturated carbocycles. The number of carbonyl (C=O) groups is 1. The van der Waals surface area contributed by atoms with Crippen LogP contribution in [0.4, 0.5) is 13.2 Å². The number of hydrogen-bond acceptors (Lipinski definition) is 3. The van der Waals surface area contributed by atoms with Crippen LogP contribution in [0.3, 0.4) is 0 Å². The third-order valence-corrected chi connectivity index (χ3v) is 2.98. The number of rotatable bonds is 4. The average molecular weight is 310 g/mol. The molecule has 0 spiro atoms. The van der Waals surface area contributed by atoms with Gasteiger partial charge in [-0.3, -0.25) is 9.78 Å². The second kappa shape index (κ2) is 6.46. The second-order valence-electron chi connectivity index (χ2n) is 4.46. The van der Waals surface area contributed by atoms with E-state index in [9.17, 15) is 18.0 Å². The topological polar surface area (TPSA) is 51.2 Å². The van der Waals surface area contributed by atoms with Crippen LogP contribution in [0, 0.1) is 0 Å². The fourth-order valence-corrected chi connectivity index (χ4v) is 1.86. The molecule has 0 aliphatic rings. The van der Waals surface area contributed by atoms with Crippen molar-refractivity contribution in [2.24, 2.45) is 0 Å². The van der Waals surface area contributed by atoms with Crippen molar-refractivity contribution in [2.75, 3.05) is 7.11 Å². The van der Waals surface area contributed by atoms with E-state index in [0.717, 1.165) is 0 Å². The first kappa shape index (κ1) is 15.8. The lowest BCUT2D eigenvalue weighted by Crippen LogP contribution is -2.38. The molecule has 0 saturated heterocycles. The predicted molar refractivity (Wildman–Crippen MR) is 73.5 cm³/mol. The SMILES string of the molecule is COc1ccc([C@@H](NC(=O)c2cccnc2)C(F)(F)F)cc1. The fraction of sp³-hybridized carbons (Fsp3) is 0.200. The quantitative estimate of drug-likeness (QED) is 0.944. The highest BCUT2D eigenvalue weighted by Crippen LogP contribution is 2.33. The van der Waals surface area contributed by atoms with Crippen molar-refractivity contribution in [2.45, 2.75) is 12.2 Å². The van der Waals surface area contributed by atoms with Crippen LogP contribution in [0.2, 0.25) is 0 Å². The standard InChI is InChI=1S/C15H13F3N2O2/c1-22-12-6-4-10(5-7-12)13(15(16,17)18)20-14(21)11-3-2-8-19-9-11/h2-9,13H,1H3,(H,20,21)/t13-/m1/s1. The Morgan fingerprint density at radius 1 is 1.23 bits per heavy atom. The van der Waals surface area contributed by atoms with E-state index in [0.29, 0.717) is 5.75 Å². The summed E-state index contributed by atoms with van der Waals surface area (Å²) in [4.78, 5) is 15.6. The number of alkyl halides is 3. The zero-order valence-electron chi connectivity index (χ0n) is 11.6. The molecule has 1 atom stereocenters. The molecule has 0 bridgehead atoms. The Labute approximate surface area is 124 Å². The summed E-state index contributed by atoms with van der Waals surface area (Å²) in [6.07, 6.45) is -1.98. The van der Waals surface area contributed by atoms with Gasteiger partial charge in [-0.15, -0.1) is 0 Å². The number of hydrogen-bond donors (Lipinski definition) is 1. The summed E-state index contributed by atoms with van der Waals surface area (Å²) < 4.78 is 44.5. The summed E-state index contributed by atoms with van der Waals surface area (Å²) in [5.74, 6) is -0.408. The van der Waals surface area contributed by atoms with Crippen molar-refractivity contribution in [3.05, 3.63) is 59.9 Å². The predicted octanol–water partition coefficient (Wildman–Crippen LogP) is 3.12. The van der Waals surface area contributed by atoms with Gasteiger partial charge in [0, 0.05) is 12.4 Å². The van der Waals surface area contributed by atoms with Crippen molar-refractivity contribution in [1.29, 1.82) is 0 Å². The van der Waals surface area contributed by atoms with Crippen molar-refractivity contribution in [3.8, 4) is 5.75 Å². The number of pyridine rings is 1. The van der Waals surface area contributed by atoms with Gasteiger partial charge in [-0.25, -0.2) is 0 Å². The number of benzene rings is 1. The van der Waals surface area contributed by atoms with E-state index in [1.165, 1.54) is 55.9 Å². The highest BCUT2D eigenvalue weighted by Gasteiger charge is 2.42. The monoisotopic (exact) mass is 310 g/mol. The molecular weight excluding hydrogens is 297 g/mol. The molecular formula is C15H13F3N2O2. The van der Waals surface area contributed by atoms with E-state index in [1.54, 1.807) is 0 Å². The summed E-state index contributed by atoms with van der Waals surface area (Å²) in [7, 11) is 1.42. The Balaban J connectivity index is 2.25. The van der Waals surface area contributed by atoms with Crippen LogP contribution in [-0.4, -0.2) is 24.2 Å². The molecule has 0 fully saturated rings. The molecule has 0 aliphatic heterocycles. The van der Waals surface area contributed by atoms with Gasteiger partial charge in [0.05, 0.1) is 12.7 Å². The molecule has 0 radical (unpaired) electrons. The first-order valence-corrected chi connectivity index (χ1v) is 6.33. The zero-order valence-corrected chi connectivity index (χ0v) is 11.6. The molecule has 0 unspecified atom stereocenters. The first-order valence-electron chi connectivity index (χ1n) is 6.33. The van der Waals surface area contributed by atoms with Gasteiger partial charge in [0.25, 0.3) is 5.91 Å². The number of ether oxygens (including phenoxy) is 1. The van der Waals surface area contributed by atoms with Crippen molar-refractivity contribution in [3.63, 3.8) is 0 Å². The third kappa shape index (κ3) is 3.75. The molecule has 1 aromatic heterocycles. The lowest BCUT2D eigenvalue weighted by molar-refractivity contribution is -0.155. The molecule has 1 amide bonds. The van der Waals surface area contributed by atoms with Crippen LogP contribution >= 0.6 is 0 Å². The normalized spacial score (nSPS) is 12.5. The summed E-state index contributed by atoms with van der Waals surface area (Å²) in [5, 5.41) is 1.98. The van der Waals surface area contributed by atoms with Crippen LogP contribution < -0.4 is 10.1 Å². The Bertz CT molecular complexity index is 627. The molecule has 2 aromatic rings. The van der Waals surface area contributed by atoms with Gasteiger partial charge in [0.15, 0.2) is 6.04 Å². The minimum atomic E-state index is -4.62. The summed E-state index contributed by atoms with van der Waals surface area (Å²) in [5.41, 5.74) is -0.0178. The lowest BCUT2D eigenvalue weighted by atomic mass is 10.1. The zero-order chi connectivity index (χ0) is 16.2. The Morgan fingerprint density at radius 3 is 2.41 bits per heavy atom. The van der Waals surface area contributed by atoms with Crippen LogP contribution in [-0.2, 0) is 0 Å². The van der Waals surface area contributed by atoms with E-state index in [1.807, 2.05) is 5.32 Å². The van der Waals surface area contributed by atoms with Crippen LogP contribution in [0.15, 0.2) is 48.8 Å². The molecule has 7 heteroatoms. The van der Waals surface area contributed by atoms with Crippen LogP contribution in [0.5, 0.6) is 5.75 Å². The van der Waals surface area contributed by atoms with Gasteiger partial charge in [0.2, 0.25) is 0 Å². The maximum atomic E-state index is 13.2. The number of nitrogens with one attached hydrogen (secondary N) is 1. The van der Waals surface area contributed by atoms with Gasteiger partial charge < -0.3 is 10.1 Å². The molecule has 4 nitrogen and oxygen atoms in total. The van der Waals surface area contributed by atoms with Crippen LogP contribution in [0.25, 0.3) is 0 Å². The molecule has 1 N–H and O–H groups in total. The van der Waals surface area contributed by atoms with E-state index >= 15 is 0 Å². The smallest absolute Gasteiger partial charge is 0.412 e. The molecule has 1 heterocycles. The highest BCUT2D eigenvalue weighted by atomic mass is 19.4. The fourth-order valence-electron chi connectivity index (χ4n) is 1.86. The number of carbonyl (C=O) groups excluding carboxylic acids is 1. The summed E-state index contributed by atoms with van der Waals surface area (Å²) >= 11 is 0. The molecule has 22 heavy (non-hydrogen) atoms. The van der Waals surface area contributed by atoms with Crippen LogP contribution in [0.1, 0.15) is 22.0 Å². The maximum Gasteiger partial charge on any atom is 0.412 e. The van der Waals surface area contributed by atoms with E-state index < -0.39 is 18.1 Å². The van der Waals surface area contributed by atoms with Gasteiger partial charge >= 0.3 is 6.18 Å².